The molecule has 5 heteroatoms. The SMILES string of the molecule is c1ccc(-c2ccc(-c3nc(-c4cccc5oc6ccccc6c45)nc(-c4cccc5oc6ccccc6c45)n3)cc2)cc1. The summed E-state index contributed by atoms with van der Waals surface area (Å²) >= 11 is 0. The van der Waals surface area contributed by atoms with Gasteiger partial charge in [0, 0.05) is 38.2 Å². The molecule has 0 unspecified atom stereocenters. The van der Waals surface area contributed by atoms with Gasteiger partial charge in [0.05, 0.1) is 0 Å². The molecule has 6 aromatic carbocycles. The first-order valence-electron chi connectivity index (χ1n) is 14.5. The van der Waals surface area contributed by atoms with E-state index in [9.17, 15) is 0 Å². The zero-order valence-corrected chi connectivity index (χ0v) is 23.4. The Balaban J connectivity index is 1.30. The summed E-state index contributed by atoms with van der Waals surface area (Å²) in [7, 11) is 0. The van der Waals surface area contributed by atoms with E-state index in [0.717, 1.165) is 71.7 Å². The van der Waals surface area contributed by atoms with Crippen LogP contribution in [0.5, 0.6) is 0 Å². The fourth-order valence-electron chi connectivity index (χ4n) is 6.11. The molecule has 0 fully saturated rings. The molecule has 0 amide bonds. The van der Waals surface area contributed by atoms with E-state index in [1.54, 1.807) is 0 Å². The molecule has 0 aliphatic heterocycles. The van der Waals surface area contributed by atoms with Crippen LogP contribution in [0.2, 0.25) is 0 Å². The number of hydrogen-bond acceptors (Lipinski definition) is 5. The van der Waals surface area contributed by atoms with Crippen molar-refractivity contribution in [2.75, 3.05) is 0 Å². The van der Waals surface area contributed by atoms with Crippen molar-refractivity contribution in [2.45, 2.75) is 0 Å². The van der Waals surface area contributed by atoms with Crippen LogP contribution >= 0.6 is 0 Å². The second-order valence-electron chi connectivity index (χ2n) is 10.8. The molecule has 0 atom stereocenters. The van der Waals surface area contributed by atoms with Gasteiger partial charge in [-0.15, -0.1) is 0 Å². The number of benzene rings is 6. The predicted molar refractivity (Wildman–Crippen MR) is 176 cm³/mol. The monoisotopic (exact) mass is 565 g/mol. The fourth-order valence-corrected chi connectivity index (χ4v) is 6.11. The number of fused-ring (bicyclic) bond motifs is 6. The molecule has 3 aromatic heterocycles. The topological polar surface area (TPSA) is 65.0 Å². The fraction of sp³-hybridized carbons (Fsp3) is 0. The van der Waals surface area contributed by atoms with Crippen LogP contribution in [0.4, 0.5) is 0 Å². The minimum Gasteiger partial charge on any atom is -0.456 e. The smallest absolute Gasteiger partial charge is 0.164 e. The van der Waals surface area contributed by atoms with Gasteiger partial charge in [-0.3, -0.25) is 0 Å². The number of nitrogens with zero attached hydrogens (tertiary/aromatic N) is 3. The summed E-state index contributed by atoms with van der Waals surface area (Å²) in [5, 5.41) is 4.02. The van der Waals surface area contributed by atoms with Crippen molar-refractivity contribution < 1.29 is 8.83 Å². The molecule has 0 spiro atoms. The van der Waals surface area contributed by atoms with Gasteiger partial charge in [0.15, 0.2) is 17.5 Å². The number of hydrogen-bond donors (Lipinski definition) is 0. The molecule has 0 N–H and O–H groups in total. The van der Waals surface area contributed by atoms with Crippen LogP contribution in [0, 0.1) is 0 Å². The van der Waals surface area contributed by atoms with E-state index < -0.39 is 0 Å². The van der Waals surface area contributed by atoms with Gasteiger partial charge in [-0.05, 0) is 35.4 Å². The van der Waals surface area contributed by atoms with E-state index in [4.69, 9.17) is 23.8 Å². The van der Waals surface area contributed by atoms with Crippen LogP contribution in [0.25, 0.3) is 89.2 Å². The highest BCUT2D eigenvalue weighted by atomic mass is 16.3. The van der Waals surface area contributed by atoms with E-state index in [1.165, 1.54) is 0 Å². The molecular weight excluding hydrogens is 542 g/mol. The van der Waals surface area contributed by atoms with Crippen LogP contribution in [-0.2, 0) is 0 Å². The van der Waals surface area contributed by atoms with Gasteiger partial charge < -0.3 is 8.83 Å². The lowest BCUT2D eigenvalue weighted by Crippen LogP contribution is -2.00. The van der Waals surface area contributed by atoms with Crippen molar-refractivity contribution in [3.05, 3.63) is 140 Å². The lowest BCUT2D eigenvalue weighted by molar-refractivity contribution is 0.668. The maximum Gasteiger partial charge on any atom is 0.164 e. The first-order valence-corrected chi connectivity index (χ1v) is 14.5. The molecule has 3 heterocycles. The van der Waals surface area contributed by atoms with Crippen molar-refractivity contribution in [3.63, 3.8) is 0 Å². The Morgan fingerprint density at radius 2 is 0.750 bits per heavy atom. The van der Waals surface area contributed by atoms with Gasteiger partial charge in [-0.25, -0.2) is 15.0 Å². The molecule has 0 aliphatic rings. The van der Waals surface area contributed by atoms with Crippen molar-refractivity contribution in [1.29, 1.82) is 0 Å². The van der Waals surface area contributed by atoms with Crippen molar-refractivity contribution >= 4 is 43.9 Å². The third kappa shape index (κ3) is 3.91. The van der Waals surface area contributed by atoms with Gasteiger partial charge in [-0.1, -0.05) is 115 Å². The van der Waals surface area contributed by atoms with Gasteiger partial charge in [0.2, 0.25) is 0 Å². The van der Waals surface area contributed by atoms with Gasteiger partial charge in [0.25, 0.3) is 0 Å². The standard InChI is InChI=1S/C39H23N3O2/c1-2-10-24(11-3-1)25-20-22-26(23-21-25)37-40-38(29-14-8-18-33-35(29)27-12-4-6-16-31(27)43-33)42-39(41-37)30-15-9-19-34-36(30)28-13-5-7-17-32(28)44-34/h1-23H. The lowest BCUT2D eigenvalue weighted by atomic mass is 10.0. The second kappa shape index (κ2) is 9.75. The number of para-hydroxylation sites is 2. The summed E-state index contributed by atoms with van der Waals surface area (Å²) in [4.78, 5) is 15.3. The number of aromatic nitrogens is 3. The minimum absolute atomic E-state index is 0.582. The Morgan fingerprint density at radius 1 is 0.318 bits per heavy atom. The average Bonchev–Trinajstić information content (AvgIpc) is 3.67. The predicted octanol–water partition coefficient (Wildman–Crippen LogP) is 10.3. The lowest BCUT2D eigenvalue weighted by Gasteiger charge is -2.10. The summed E-state index contributed by atoms with van der Waals surface area (Å²) in [6.07, 6.45) is 0. The summed E-state index contributed by atoms with van der Waals surface area (Å²) in [6.45, 7) is 0. The normalized spacial score (nSPS) is 11.6. The van der Waals surface area contributed by atoms with Crippen LogP contribution in [-0.4, -0.2) is 15.0 Å². The molecule has 0 saturated carbocycles. The highest BCUT2D eigenvalue weighted by molar-refractivity contribution is 6.13. The van der Waals surface area contributed by atoms with Crippen LogP contribution in [0.1, 0.15) is 0 Å². The average molecular weight is 566 g/mol. The number of furan rings is 2. The van der Waals surface area contributed by atoms with Gasteiger partial charge >= 0.3 is 0 Å². The highest BCUT2D eigenvalue weighted by Crippen LogP contribution is 2.39. The van der Waals surface area contributed by atoms with E-state index in [1.807, 2.05) is 78.9 Å². The summed E-state index contributed by atoms with van der Waals surface area (Å²) in [6, 6.07) is 46.9. The second-order valence-corrected chi connectivity index (χ2v) is 10.8. The van der Waals surface area contributed by atoms with Crippen molar-refractivity contribution in [3.8, 4) is 45.3 Å². The molecule has 44 heavy (non-hydrogen) atoms. The molecule has 0 radical (unpaired) electrons. The molecule has 5 nitrogen and oxygen atoms in total. The highest BCUT2D eigenvalue weighted by Gasteiger charge is 2.20. The maximum absolute atomic E-state index is 6.21. The summed E-state index contributed by atoms with van der Waals surface area (Å²) in [5.74, 6) is 1.76. The van der Waals surface area contributed by atoms with Crippen LogP contribution < -0.4 is 0 Å². The Labute approximate surface area is 252 Å². The molecule has 9 aromatic rings. The van der Waals surface area contributed by atoms with E-state index >= 15 is 0 Å². The molecule has 9 rings (SSSR count). The van der Waals surface area contributed by atoms with Crippen molar-refractivity contribution in [2.24, 2.45) is 0 Å². The Morgan fingerprint density at radius 3 is 1.32 bits per heavy atom. The Kier molecular flexibility index (Phi) is 5.43. The van der Waals surface area contributed by atoms with E-state index in [2.05, 4.69) is 60.7 Å². The molecular formula is C39H23N3O2. The summed E-state index contributed by atoms with van der Waals surface area (Å²) < 4.78 is 12.4. The van der Waals surface area contributed by atoms with Crippen LogP contribution in [0.15, 0.2) is 148 Å². The van der Waals surface area contributed by atoms with Gasteiger partial charge in [0.1, 0.15) is 22.3 Å². The van der Waals surface area contributed by atoms with E-state index in [-0.39, 0.29) is 0 Å². The van der Waals surface area contributed by atoms with Crippen molar-refractivity contribution in [1.82, 2.24) is 15.0 Å². The third-order valence-corrected chi connectivity index (χ3v) is 8.17. The first-order chi connectivity index (χ1) is 21.8. The number of rotatable bonds is 4. The zero-order chi connectivity index (χ0) is 29.0. The quantitative estimate of drug-likeness (QED) is 0.212. The van der Waals surface area contributed by atoms with E-state index in [0.29, 0.717) is 17.5 Å². The summed E-state index contributed by atoms with van der Waals surface area (Å²) in [5.41, 5.74) is 8.23. The Hall–Kier alpha value is -6.07. The molecule has 0 aliphatic carbocycles. The van der Waals surface area contributed by atoms with Gasteiger partial charge in [-0.2, -0.15) is 0 Å². The minimum atomic E-state index is 0.582. The zero-order valence-electron chi connectivity index (χ0n) is 23.4. The first kappa shape index (κ1) is 24.5. The molecule has 0 bridgehead atoms. The largest absolute Gasteiger partial charge is 0.456 e. The molecule has 206 valence electrons. The maximum atomic E-state index is 6.21. The van der Waals surface area contributed by atoms with Crippen LogP contribution in [0.3, 0.4) is 0 Å². The third-order valence-electron chi connectivity index (χ3n) is 8.17. The Bertz CT molecular complexity index is 2360. The molecule has 0 saturated heterocycles.